The summed E-state index contributed by atoms with van der Waals surface area (Å²) in [6, 6.07) is 7.97. The molecule has 18 heavy (non-hydrogen) atoms. The Hall–Kier alpha value is -1.53. The second-order valence-corrected chi connectivity index (χ2v) is 6.11. The van der Waals surface area contributed by atoms with E-state index in [2.05, 4.69) is 21.2 Å². The van der Waals surface area contributed by atoms with Gasteiger partial charge in [-0.2, -0.15) is 0 Å². The maximum atomic E-state index is 11.8. The molecular formula is C12H10BrNO3S. The van der Waals surface area contributed by atoms with Crippen molar-refractivity contribution in [2.45, 2.75) is 6.54 Å². The molecule has 6 heteroatoms. The molecule has 1 aromatic heterocycles. The number of amides is 1. The molecule has 0 aliphatic heterocycles. The molecule has 94 valence electrons. The van der Waals surface area contributed by atoms with Gasteiger partial charge in [-0.05, 0) is 40.2 Å². The number of thiophene rings is 1. The van der Waals surface area contributed by atoms with Gasteiger partial charge in [-0.1, -0.05) is 6.07 Å². The maximum Gasteiger partial charge on any atom is 0.259 e. The van der Waals surface area contributed by atoms with E-state index in [0.717, 1.165) is 8.66 Å². The summed E-state index contributed by atoms with van der Waals surface area (Å²) in [4.78, 5) is 12.8. The fourth-order valence-corrected chi connectivity index (χ4v) is 2.89. The van der Waals surface area contributed by atoms with Crippen LogP contribution in [0.15, 0.2) is 34.1 Å². The van der Waals surface area contributed by atoms with E-state index in [-0.39, 0.29) is 17.1 Å². The molecule has 1 aromatic carbocycles. The SMILES string of the molecule is O=C(NCc1ccc(Br)s1)c1c(O)cccc1O. The normalized spacial score (nSPS) is 10.3. The van der Waals surface area contributed by atoms with Gasteiger partial charge in [0.15, 0.2) is 0 Å². The monoisotopic (exact) mass is 327 g/mol. The highest BCUT2D eigenvalue weighted by atomic mass is 79.9. The molecule has 0 fully saturated rings. The highest BCUT2D eigenvalue weighted by Gasteiger charge is 2.15. The summed E-state index contributed by atoms with van der Waals surface area (Å²) < 4.78 is 0.983. The van der Waals surface area contributed by atoms with Gasteiger partial charge < -0.3 is 15.5 Å². The first kappa shape index (κ1) is 12.9. The van der Waals surface area contributed by atoms with Crippen molar-refractivity contribution in [3.8, 4) is 11.5 Å². The molecule has 0 spiro atoms. The van der Waals surface area contributed by atoms with Crippen LogP contribution in [0.3, 0.4) is 0 Å². The van der Waals surface area contributed by atoms with E-state index >= 15 is 0 Å². The number of benzene rings is 1. The van der Waals surface area contributed by atoms with Crippen LogP contribution in [0.25, 0.3) is 0 Å². The quantitative estimate of drug-likeness (QED) is 0.811. The number of rotatable bonds is 3. The van der Waals surface area contributed by atoms with Crippen LogP contribution in [0.2, 0.25) is 0 Å². The molecular weight excluding hydrogens is 318 g/mol. The molecule has 4 nitrogen and oxygen atoms in total. The number of hydrogen-bond acceptors (Lipinski definition) is 4. The maximum absolute atomic E-state index is 11.8. The van der Waals surface area contributed by atoms with Crippen LogP contribution in [0.1, 0.15) is 15.2 Å². The number of hydrogen-bond donors (Lipinski definition) is 3. The first-order valence-corrected chi connectivity index (χ1v) is 6.72. The molecule has 2 rings (SSSR count). The van der Waals surface area contributed by atoms with Crippen LogP contribution in [-0.2, 0) is 6.54 Å². The minimum Gasteiger partial charge on any atom is -0.507 e. The zero-order valence-corrected chi connectivity index (χ0v) is 11.6. The number of aromatic hydroxyl groups is 2. The lowest BCUT2D eigenvalue weighted by Crippen LogP contribution is -2.22. The third-order valence-electron chi connectivity index (χ3n) is 2.30. The second kappa shape index (κ2) is 5.41. The highest BCUT2D eigenvalue weighted by Crippen LogP contribution is 2.26. The van der Waals surface area contributed by atoms with Crippen LogP contribution in [0.5, 0.6) is 11.5 Å². The first-order valence-electron chi connectivity index (χ1n) is 5.11. The average Bonchev–Trinajstić information content (AvgIpc) is 2.72. The molecule has 1 heterocycles. The van der Waals surface area contributed by atoms with Crippen LogP contribution >= 0.6 is 27.3 Å². The van der Waals surface area contributed by atoms with Crippen molar-refractivity contribution in [1.29, 1.82) is 0 Å². The topological polar surface area (TPSA) is 69.6 Å². The highest BCUT2D eigenvalue weighted by molar-refractivity contribution is 9.11. The van der Waals surface area contributed by atoms with Gasteiger partial charge in [0.2, 0.25) is 0 Å². The van der Waals surface area contributed by atoms with Crippen LogP contribution in [0, 0.1) is 0 Å². The standard InChI is InChI=1S/C12H10BrNO3S/c13-10-5-4-7(18-10)6-14-12(17)11-8(15)2-1-3-9(11)16/h1-5,15-16H,6H2,(H,14,17). The molecule has 0 saturated carbocycles. The van der Waals surface area contributed by atoms with E-state index in [0.29, 0.717) is 6.54 Å². The fourth-order valence-electron chi connectivity index (χ4n) is 1.46. The van der Waals surface area contributed by atoms with E-state index in [4.69, 9.17) is 0 Å². The summed E-state index contributed by atoms with van der Waals surface area (Å²) in [6.07, 6.45) is 0. The van der Waals surface area contributed by atoms with Gasteiger partial charge in [-0.3, -0.25) is 4.79 Å². The van der Waals surface area contributed by atoms with Crippen molar-refractivity contribution in [3.63, 3.8) is 0 Å². The molecule has 0 radical (unpaired) electrons. The van der Waals surface area contributed by atoms with E-state index in [1.807, 2.05) is 12.1 Å². The fraction of sp³-hybridized carbons (Fsp3) is 0.0833. The average molecular weight is 328 g/mol. The lowest BCUT2D eigenvalue weighted by atomic mass is 10.1. The lowest BCUT2D eigenvalue weighted by molar-refractivity contribution is 0.0946. The smallest absolute Gasteiger partial charge is 0.259 e. The first-order chi connectivity index (χ1) is 8.58. The minimum absolute atomic E-state index is 0.104. The number of phenols is 2. The third-order valence-corrected chi connectivity index (χ3v) is 3.92. The van der Waals surface area contributed by atoms with Crippen LogP contribution in [0.4, 0.5) is 0 Å². The Morgan fingerprint density at radius 3 is 2.44 bits per heavy atom. The molecule has 0 aliphatic carbocycles. The number of phenolic OH excluding ortho intramolecular Hbond substituents is 2. The Balaban J connectivity index is 2.08. The lowest BCUT2D eigenvalue weighted by Gasteiger charge is -2.07. The Kier molecular flexibility index (Phi) is 3.88. The van der Waals surface area contributed by atoms with Gasteiger partial charge in [0.25, 0.3) is 5.91 Å². The Morgan fingerprint density at radius 2 is 1.89 bits per heavy atom. The van der Waals surface area contributed by atoms with E-state index < -0.39 is 5.91 Å². The summed E-state index contributed by atoms with van der Waals surface area (Å²) in [5, 5.41) is 21.7. The molecule has 2 aromatic rings. The molecule has 3 N–H and O–H groups in total. The summed E-state index contributed by atoms with van der Waals surface area (Å²) >= 11 is 4.84. The summed E-state index contributed by atoms with van der Waals surface area (Å²) in [5.41, 5.74) is -0.104. The number of carbonyl (C=O) groups is 1. The van der Waals surface area contributed by atoms with Gasteiger partial charge >= 0.3 is 0 Å². The Morgan fingerprint density at radius 1 is 1.22 bits per heavy atom. The van der Waals surface area contributed by atoms with E-state index in [1.54, 1.807) is 0 Å². The molecule has 0 saturated heterocycles. The second-order valence-electron chi connectivity index (χ2n) is 3.56. The van der Waals surface area contributed by atoms with E-state index in [1.165, 1.54) is 29.5 Å². The van der Waals surface area contributed by atoms with Gasteiger partial charge in [-0.25, -0.2) is 0 Å². The largest absolute Gasteiger partial charge is 0.507 e. The summed E-state index contributed by atoms with van der Waals surface area (Å²) in [5.74, 6) is -0.977. The van der Waals surface area contributed by atoms with E-state index in [9.17, 15) is 15.0 Å². The zero-order chi connectivity index (χ0) is 13.1. The summed E-state index contributed by atoms with van der Waals surface area (Å²) in [6.45, 7) is 0.350. The van der Waals surface area contributed by atoms with Crippen LogP contribution in [-0.4, -0.2) is 16.1 Å². The molecule has 0 unspecified atom stereocenters. The van der Waals surface area contributed by atoms with Crippen molar-refractivity contribution >= 4 is 33.2 Å². The minimum atomic E-state index is -0.505. The molecule has 1 amide bonds. The van der Waals surface area contributed by atoms with Gasteiger partial charge in [0.05, 0.1) is 10.3 Å². The molecule has 0 aliphatic rings. The number of halogens is 1. The van der Waals surface area contributed by atoms with Crippen molar-refractivity contribution in [3.05, 3.63) is 44.6 Å². The third kappa shape index (κ3) is 2.83. The molecule has 0 atom stereocenters. The van der Waals surface area contributed by atoms with Crippen molar-refractivity contribution in [2.75, 3.05) is 0 Å². The zero-order valence-electron chi connectivity index (χ0n) is 9.18. The van der Waals surface area contributed by atoms with Gasteiger partial charge in [0.1, 0.15) is 17.1 Å². The number of nitrogens with one attached hydrogen (secondary N) is 1. The number of carbonyl (C=O) groups excluding carboxylic acids is 1. The van der Waals surface area contributed by atoms with Gasteiger partial charge in [-0.15, -0.1) is 11.3 Å². The van der Waals surface area contributed by atoms with Crippen molar-refractivity contribution in [2.24, 2.45) is 0 Å². The Bertz CT molecular complexity index is 562. The summed E-state index contributed by atoms with van der Waals surface area (Å²) in [7, 11) is 0. The Labute approximate surface area is 116 Å². The van der Waals surface area contributed by atoms with Gasteiger partial charge in [0, 0.05) is 4.88 Å². The molecule has 0 bridgehead atoms. The predicted molar refractivity (Wildman–Crippen MR) is 73.0 cm³/mol. The van der Waals surface area contributed by atoms with Crippen LogP contribution < -0.4 is 5.32 Å². The van der Waals surface area contributed by atoms with Crippen molar-refractivity contribution < 1.29 is 15.0 Å². The van der Waals surface area contributed by atoms with Crippen molar-refractivity contribution in [1.82, 2.24) is 5.32 Å². The predicted octanol–water partition coefficient (Wildman–Crippen LogP) is 2.85.